The molecular formula is C14H22N4O9. The average molecular weight is 390 g/mol. The maximum atomic E-state index is 12.2. The van der Waals surface area contributed by atoms with Crippen LogP contribution in [-0.2, 0) is 28.8 Å². The Balaban J connectivity index is 5.12. The molecule has 0 radical (unpaired) electrons. The van der Waals surface area contributed by atoms with Gasteiger partial charge >= 0.3 is 17.9 Å². The van der Waals surface area contributed by atoms with Crippen LogP contribution in [0.3, 0.4) is 0 Å². The zero-order chi connectivity index (χ0) is 21.1. The van der Waals surface area contributed by atoms with Gasteiger partial charge in [0.05, 0.1) is 12.5 Å². The van der Waals surface area contributed by atoms with E-state index in [4.69, 9.17) is 26.8 Å². The number of nitrogens with one attached hydrogen (secondary N) is 2. The Kier molecular flexibility index (Phi) is 10.0. The number of amides is 3. The molecule has 0 unspecified atom stereocenters. The highest BCUT2D eigenvalue weighted by Crippen LogP contribution is 2.03. The molecule has 0 spiro atoms. The lowest BCUT2D eigenvalue weighted by Crippen LogP contribution is -2.54. The Morgan fingerprint density at radius 1 is 0.778 bits per heavy atom. The van der Waals surface area contributed by atoms with Gasteiger partial charge in [0.25, 0.3) is 0 Å². The van der Waals surface area contributed by atoms with Crippen molar-refractivity contribution in [3.05, 3.63) is 0 Å². The number of nitrogens with two attached hydrogens (primary N) is 2. The smallest absolute Gasteiger partial charge is 0.326 e. The Morgan fingerprint density at radius 2 is 1.30 bits per heavy atom. The lowest BCUT2D eigenvalue weighted by Gasteiger charge is -2.22. The molecule has 0 aromatic heterocycles. The maximum Gasteiger partial charge on any atom is 0.326 e. The first-order valence-corrected chi connectivity index (χ1v) is 7.75. The van der Waals surface area contributed by atoms with Crippen LogP contribution in [0, 0.1) is 0 Å². The summed E-state index contributed by atoms with van der Waals surface area (Å²) in [5.74, 6) is -6.93. The van der Waals surface area contributed by atoms with Crippen molar-refractivity contribution in [2.45, 2.75) is 50.2 Å². The third kappa shape index (κ3) is 10.4. The van der Waals surface area contributed by atoms with Crippen molar-refractivity contribution in [2.24, 2.45) is 11.5 Å². The minimum atomic E-state index is -1.50. The lowest BCUT2D eigenvalue weighted by molar-refractivity contribution is -0.143. The van der Waals surface area contributed by atoms with Crippen molar-refractivity contribution < 1.29 is 44.1 Å². The monoisotopic (exact) mass is 390 g/mol. The normalized spacial score (nSPS) is 13.7. The van der Waals surface area contributed by atoms with Crippen LogP contribution in [-0.4, -0.2) is 69.1 Å². The zero-order valence-electron chi connectivity index (χ0n) is 14.2. The van der Waals surface area contributed by atoms with Gasteiger partial charge in [-0.1, -0.05) is 0 Å². The maximum absolute atomic E-state index is 12.2. The molecule has 0 aliphatic heterocycles. The Hall–Kier alpha value is -3.22. The second kappa shape index (κ2) is 11.4. The minimum absolute atomic E-state index is 0.311. The average Bonchev–Trinajstić information content (AvgIpc) is 2.53. The summed E-state index contributed by atoms with van der Waals surface area (Å²) < 4.78 is 0. The van der Waals surface area contributed by atoms with E-state index in [1.54, 1.807) is 0 Å². The molecule has 0 bridgehead atoms. The first-order valence-electron chi connectivity index (χ1n) is 7.75. The highest BCUT2D eigenvalue weighted by Gasteiger charge is 2.29. The number of hydrogen-bond donors (Lipinski definition) is 7. The molecule has 27 heavy (non-hydrogen) atoms. The summed E-state index contributed by atoms with van der Waals surface area (Å²) in [4.78, 5) is 67.3. The first-order chi connectivity index (χ1) is 12.4. The predicted octanol–water partition coefficient (Wildman–Crippen LogP) is -3.03. The number of carbonyl (C=O) groups excluding carboxylic acids is 3. The van der Waals surface area contributed by atoms with Crippen LogP contribution in [0.5, 0.6) is 0 Å². The van der Waals surface area contributed by atoms with Crippen molar-refractivity contribution >= 4 is 35.6 Å². The van der Waals surface area contributed by atoms with Crippen molar-refractivity contribution in [3.8, 4) is 0 Å². The van der Waals surface area contributed by atoms with E-state index in [0.29, 0.717) is 0 Å². The molecular weight excluding hydrogens is 368 g/mol. The third-order valence-electron chi connectivity index (χ3n) is 3.31. The topological polar surface area (TPSA) is 239 Å². The molecule has 152 valence electrons. The number of hydrogen-bond acceptors (Lipinski definition) is 7. The summed E-state index contributed by atoms with van der Waals surface area (Å²) in [5.41, 5.74) is 10.3. The van der Waals surface area contributed by atoms with E-state index in [9.17, 15) is 28.8 Å². The molecule has 0 rings (SSSR count). The standard InChI is InChI=1S/C14H22N4O9/c15-6(5-11(22)23)12(24)17-7(2-4-10(20)21)13(25)18-8(14(26)27)1-3-9(16)19/h6-8H,1-5,15H2,(H2,16,19)(H,17,24)(H,18,25)(H,20,21)(H,22,23)(H,26,27)/t6-,7-,8-/m0/s1. The summed E-state index contributed by atoms with van der Waals surface area (Å²) >= 11 is 0. The van der Waals surface area contributed by atoms with Crippen LogP contribution in [0.2, 0.25) is 0 Å². The number of carbonyl (C=O) groups is 6. The highest BCUT2D eigenvalue weighted by atomic mass is 16.4. The first kappa shape index (κ1) is 23.8. The van der Waals surface area contributed by atoms with E-state index in [2.05, 4.69) is 10.6 Å². The summed E-state index contributed by atoms with van der Waals surface area (Å²) in [6.45, 7) is 0. The number of carboxylic acid groups (broad SMARTS) is 3. The number of aliphatic carboxylic acids is 3. The minimum Gasteiger partial charge on any atom is -0.481 e. The summed E-state index contributed by atoms with van der Waals surface area (Å²) in [7, 11) is 0. The second-order valence-electron chi connectivity index (χ2n) is 5.60. The van der Waals surface area contributed by atoms with Gasteiger partial charge in [-0.05, 0) is 12.8 Å². The molecule has 0 aromatic rings. The van der Waals surface area contributed by atoms with Gasteiger partial charge in [-0.15, -0.1) is 0 Å². The Labute approximate surface area is 153 Å². The largest absolute Gasteiger partial charge is 0.481 e. The fraction of sp³-hybridized carbons (Fsp3) is 0.571. The van der Waals surface area contributed by atoms with Crippen LogP contribution in [0.4, 0.5) is 0 Å². The van der Waals surface area contributed by atoms with Crippen LogP contribution >= 0.6 is 0 Å². The number of carboxylic acids is 3. The summed E-state index contributed by atoms with van der Waals surface area (Å²) in [6.07, 6.45) is -2.29. The lowest BCUT2D eigenvalue weighted by atomic mass is 10.1. The fourth-order valence-electron chi connectivity index (χ4n) is 1.91. The Morgan fingerprint density at radius 3 is 1.74 bits per heavy atom. The van der Waals surface area contributed by atoms with Gasteiger partial charge in [0.2, 0.25) is 17.7 Å². The van der Waals surface area contributed by atoms with Gasteiger partial charge in [0, 0.05) is 12.8 Å². The van der Waals surface area contributed by atoms with E-state index < -0.39 is 73.0 Å². The van der Waals surface area contributed by atoms with Crippen molar-refractivity contribution in [3.63, 3.8) is 0 Å². The SMILES string of the molecule is NC(=O)CC[C@H](NC(=O)[C@H](CCC(=O)O)NC(=O)[C@@H](N)CC(=O)O)C(=O)O. The quantitative estimate of drug-likeness (QED) is 0.168. The molecule has 3 atom stereocenters. The third-order valence-corrected chi connectivity index (χ3v) is 3.31. The van der Waals surface area contributed by atoms with E-state index in [1.807, 2.05) is 0 Å². The molecule has 0 aromatic carbocycles. The van der Waals surface area contributed by atoms with Crippen LogP contribution in [0.15, 0.2) is 0 Å². The summed E-state index contributed by atoms with van der Waals surface area (Å²) in [5, 5.41) is 30.6. The highest BCUT2D eigenvalue weighted by molar-refractivity contribution is 5.93. The van der Waals surface area contributed by atoms with Gasteiger partial charge in [-0.25, -0.2) is 4.79 Å². The van der Waals surface area contributed by atoms with Crippen LogP contribution in [0.1, 0.15) is 32.1 Å². The molecule has 9 N–H and O–H groups in total. The van der Waals surface area contributed by atoms with Gasteiger partial charge < -0.3 is 37.4 Å². The molecule has 3 amide bonds. The number of primary amides is 1. The van der Waals surface area contributed by atoms with Crippen molar-refractivity contribution in [1.82, 2.24) is 10.6 Å². The summed E-state index contributed by atoms with van der Waals surface area (Å²) in [6, 6.07) is -4.46. The molecule has 0 aliphatic rings. The van der Waals surface area contributed by atoms with Gasteiger partial charge in [0.1, 0.15) is 12.1 Å². The molecule has 0 fully saturated rings. The van der Waals surface area contributed by atoms with Gasteiger partial charge in [0.15, 0.2) is 0 Å². The van der Waals surface area contributed by atoms with Crippen LogP contribution < -0.4 is 22.1 Å². The fourth-order valence-corrected chi connectivity index (χ4v) is 1.91. The van der Waals surface area contributed by atoms with Crippen molar-refractivity contribution in [2.75, 3.05) is 0 Å². The molecule has 0 saturated carbocycles. The second-order valence-corrected chi connectivity index (χ2v) is 5.60. The number of rotatable bonds is 13. The zero-order valence-corrected chi connectivity index (χ0v) is 14.2. The molecule has 0 aliphatic carbocycles. The van der Waals surface area contributed by atoms with Crippen LogP contribution in [0.25, 0.3) is 0 Å². The van der Waals surface area contributed by atoms with Gasteiger partial charge in [-0.2, -0.15) is 0 Å². The van der Waals surface area contributed by atoms with Crippen molar-refractivity contribution in [1.29, 1.82) is 0 Å². The molecule has 13 nitrogen and oxygen atoms in total. The van der Waals surface area contributed by atoms with E-state index >= 15 is 0 Å². The van der Waals surface area contributed by atoms with E-state index in [0.717, 1.165) is 0 Å². The predicted molar refractivity (Wildman–Crippen MR) is 87.0 cm³/mol. The molecule has 0 saturated heterocycles. The van der Waals surface area contributed by atoms with Gasteiger partial charge in [-0.3, -0.25) is 24.0 Å². The molecule has 13 heteroatoms. The van der Waals surface area contributed by atoms with E-state index in [1.165, 1.54) is 0 Å². The van der Waals surface area contributed by atoms with E-state index in [-0.39, 0.29) is 12.8 Å². The Bertz CT molecular complexity index is 607. The molecule has 0 heterocycles.